The van der Waals surface area contributed by atoms with Crippen LogP contribution in [0.2, 0.25) is 0 Å². The molecular weight excluding hydrogens is 338 g/mol. The van der Waals surface area contributed by atoms with E-state index in [1.807, 2.05) is 25.1 Å². The third kappa shape index (κ3) is 2.90. The van der Waals surface area contributed by atoms with Crippen molar-refractivity contribution in [2.45, 2.75) is 26.7 Å². The number of amides is 1. The van der Waals surface area contributed by atoms with Gasteiger partial charge in [0.2, 0.25) is 0 Å². The van der Waals surface area contributed by atoms with Crippen molar-refractivity contribution in [1.82, 2.24) is 0 Å². The first kappa shape index (κ1) is 17.5. The van der Waals surface area contributed by atoms with E-state index in [0.29, 0.717) is 6.54 Å². The van der Waals surface area contributed by atoms with Crippen LogP contribution in [0.15, 0.2) is 30.3 Å². The van der Waals surface area contributed by atoms with E-state index in [-0.39, 0.29) is 11.1 Å². The molecule has 134 valence electrons. The third-order valence-corrected chi connectivity index (χ3v) is 4.67. The summed E-state index contributed by atoms with van der Waals surface area (Å²) in [5.41, 5.74) is 1.97. The average Bonchev–Trinajstić information content (AvgIpc) is 2.60. The molecular formula is C18H17N3O5. The van der Waals surface area contributed by atoms with E-state index in [4.69, 9.17) is 0 Å². The zero-order valence-electron chi connectivity index (χ0n) is 14.4. The molecule has 0 N–H and O–H groups in total. The molecule has 26 heavy (non-hydrogen) atoms. The SMILES string of the molecule is Cc1cccc2c1N(C(=O)c1cc([N+](=O)[O-])cc([N+](=O)[O-])c1C)CCC2. The standard InChI is InChI=1S/C18H17N3O5/c1-11-5-3-6-13-7-4-8-19(17(11)13)18(22)15-9-14(20(23)24)10-16(12(15)2)21(25)26/h3,5-6,9-10H,4,7-8H2,1-2H3. The zero-order valence-corrected chi connectivity index (χ0v) is 14.4. The van der Waals surface area contributed by atoms with Gasteiger partial charge in [-0.2, -0.15) is 0 Å². The number of nitro benzene ring substituents is 2. The first-order valence-corrected chi connectivity index (χ1v) is 8.15. The first-order valence-electron chi connectivity index (χ1n) is 8.15. The Morgan fingerprint density at radius 1 is 1.12 bits per heavy atom. The summed E-state index contributed by atoms with van der Waals surface area (Å²) in [6.07, 6.45) is 1.60. The topological polar surface area (TPSA) is 107 Å². The van der Waals surface area contributed by atoms with Gasteiger partial charge in [0.25, 0.3) is 17.3 Å². The van der Waals surface area contributed by atoms with Gasteiger partial charge in [-0.25, -0.2) is 0 Å². The Labute approximate surface area is 149 Å². The highest BCUT2D eigenvalue weighted by molar-refractivity contribution is 6.09. The maximum Gasteiger partial charge on any atom is 0.279 e. The van der Waals surface area contributed by atoms with Crippen LogP contribution >= 0.6 is 0 Å². The highest BCUT2D eigenvalue weighted by Crippen LogP contribution is 2.34. The fourth-order valence-corrected chi connectivity index (χ4v) is 3.40. The minimum absolute atomic E-state index is 0.0120. The average molecular weight is 355 g/mol. The number of hydrogen-bond donors (Lipinski definition) is 0. The van der Waals surface area contributed by atoms with Crippen LogP contribution in [-0.4, -0.2) is 22.3 Å². The molecule has 2 aromatic rings. The zero-order chi connectivity index (χ0) is 19.0. The number of rotatable bonds is 3. The minimum Gasteiger partial charge on any atom is -0.308 e. The molecule has 1 heterocycles. The van der Waals surface area contributed by atoms with Gasteiger partial charge in [0, 0.05) is 18.2 Å². The van der Waals surface area contributed by atoms with E-state index in [1.165, 1.54) is 6.92 Å². The van der Waals surface area contributed by atoms with Crippen molar-refractivity contribution in [3.8, 4) is 0 Å². The van der Waals surface area contributed by atoms with E-state index in [1.54, 1.807) is 4.90 Å². The molecule has 0 spiro atoms. The second kappa shape index (κ2) is 6.55. The lowest BCUT2D eigenvalue weighted by Gasteiger charge is -2.31. The molecule has 8 heteroatoms. The van der Waals surface area contributed by atoms with Crippen LogP contribution in [0.3, 0.4) is 0 Å². The highest BCUT2D eigenvalue weighted by Gasteiger charge is 2.30. The number of hydrogen-bond acceptors (Lipinski definition) is 5. The summed E-state index contributed by atoms with van der Waals surface area (Å²) in [7, 11) is 0. The molecule has 0 unspecified atom stereocenters. The molecule has 0 fully saturated rings. The Morgan fingerprint density at radius 2 is 1.85 bits per heavy atom. The van der Waals surface area contributed by atoms with Crippen molar-refractivity contribution in [3.63, 3.8) is 0 Å². The Balaban J connectivity index is 2.15. The third-order valence-electron chi connectivity index (χ3n) is 4.67. The molecule has 1 aliphatic rings. The summed E-state index contributed by atoms with van der Waals surface area (Å²) in [5.74, 6) is -0.454. The maximum atomic E-state index is 13.2. The second-order valence-electron chi connectivity index (χ2n) is 6.29. The molecule has 2 aromatic carbocycles. The normalized spacial score (nSPS) is 13.2. The maximum absolute atomic E-state index is 13.2. The highest BCUT2D eigenvalue weighted by atomic mass is 16.6. The van der Waals surface area contributed by atoms with Crippen LogP contribution in [-0.2, 0) is 6.42 Å². The lowest BCUT2D eigenvalue weighted by molar-refractivity contribution is -0.394. The van der Waals surface area contributed by atoms with E-state index in [0.717, 1.165) is 41.8 Å². The van der Waals surface area contributed by atoms with E-state index in [9.17, 15) is 25.0 Å². The van der Waals surface area contributed by atoms with Gasteiger partial charge >= 0.3 is 0 Å². The van der Waals surface area contributed by atoms with Crippen LogP contribution in [0.4, 0.5) is 17.1 Å². The molecule has 0 radical (unpaired) electrons. The van der Waals surface area contributed by atoms with Gasteiger partial charge in [0.1, 0.15) is 0 Å². The van der Waals surface area contributed by atoms with Crippen LogP contribution in [0.5, 0.6) is 0 Å². The van der Waals surface area contributed by atoms with E-state index < -0.39 is 27.1 Å². The molecule has 3 rings (SSSR count). The quantitative estimate of drug-likeness (QED) is 0.616. The molecule has 1 aliphatic heterocycles. The predicted molar refractivity (Wildman–Crippen MR) is 95.7 cm³/mol. The molecule has 0 aromatic heterocycles. The van der Waals surface area contributed by atoms with Crippen LogP contribution in [0.1, 0.15) is 33.5 Å². The number of non-ortho nitro benzene ring substituents is 1. The predicted octanol–water partition coefficient (Wildman–Crippen LogP) is 3.71. The summed E-state index contributed by atoms with van der Waals surface area (Å²) in [6, 6.07) is 7.78. The van der Waals surface area contributed by atoms with Crippen molar-refractivity contribution in [1.29, 1.82) is 0 Å². The number of fused-ring (bicyclic) bond motifs is 1. The van der Waals surface area contributed by atoms with Crippen molar-refractivity contribution >= 4 is 23.0 Å². The van der Waals surface area contributed by atoms with Gasteiger partial charge < -0.3 is 4.90 Å². The molecule has 0 aliphatic carbocycles. The summed E-state index contributed by atoms with van der Waals surface area (Å²) in [5, 5.41) is 22.4. The minimum atomic E-state index is -0.724. The van der Waals surface area contributed by atoms with Crippen LogP contribution < -0.4 is 4.90 Å². The van der Waals surface area contributed by atoms with Gasteiger partial charge in [0.15, 0.2) is 0 Å². The number of carbonyl (C=O) groups excluding carboxylic acids is 1. The molecule has 0 bridgehead atoms. The summed E-state index contributed by atoms with van der Waals surface area (Å²) < 4.78 is 0. The van der Waals surface area contributed by atoms with Gasteiger partial charge in [-0.15, -0.1) is 0 Å². The van der Waals surface area contributed by atoms with Gasteiger partial charge in [-0.1, -0.05) is 18.2 Å². The van der Waals surface area contributed by atoms with Crippen molar-refractivity contribution < 1.29 is 14.6 Å². The largest absolute Gasteiger partial charge is 0.308 e. The van der Waals surface area contributed by atoms with Gasteiger partial charge in [-0.3, -0.25) is 25.0 Å². The summed E-state index contributed by atoms with van der Waals surface area (Å²) in [6.45, 7) is 3.80. The smallest absolute Gasteiger partial charge is 0.279 e. The number of nitro groups is 2. The Kier molecular flexibility index (Phi) is 4.41. The lowest BCUT2D eigenvalue weighted by atomic mass is 9.96. The fraction of sp³-hybridized carbons (Fsp3) is 0.278. The summed E-state index contributed by atoms with van der Waals surface area (Å²) in [4.78, 5) is 35.7. The first-order chi connectivity index (χ1) is 12.3. The van der Waals surface area contributed by atoms with E-state index in [2.05, 4.69) is 0 Å². The number of anilines is 1. The Morgan fingerprint density at radius 3 is 2.50 bits per heavy atom. The Bertz CT molecular complexity index is 939. The van der Waals surface area contributed by atoms with E-state index >= 15 is 0 Å². The van der Waals surface area contributed by atoms with Crippen LogP contribution in [0, 0.1) is 34.1 Å². The molecule has 0 saturated heterocycles. The van der Waals surface area contributed by atoms with Crippen molar-refractivity contribution in [3.05, 3.63) is 72.8 Å². The van der Waals surface area contributed by atoms with Gasteiger partial charge in [0.05, 0.1) is 27.2 Å². The van der Waals surface area contributed by atoms with Crippen LogP contribution in [0.25, 0.3) is 0 Å². The van der Waals surface area contributed by atoms with Gasteiger partial charge in [-0.05, 0) is 37.8 Å². The molecule has 1 amide bonds. The molecule has 0 atom stereocenters. The number of benzene rings is 2. The van der Waals surface area contributed by atoms with Crippen molar-refractivity contribution in [2.75, 3.05) is 11.4 Å². The number of carbonyl (C=O) groups is 1. The molecule has 8 nitrogen and oxygen atoms in total. The Hall–Kier alpha value is -3.29. The number of nitrogens with zero attached hydrogens (tertiary/aromatic N) is 3. The fourth-order valence-electron chi connectivity index (χ4n) is 3.40. The number of para-hydroxylation sites is 1. The second-order valence-corrected chi connectivity index (χ2v) is 6.29. The monoisotopic (exact) mass is 355 g/mol. The summed E-state index contributed by atoms with van der Waals surface area (Å²) >= 11 is 0. The number of aryl methyl sites for hydroxylation is 2. The van der Waals surface area contributed by atoms with Crippen molar-refractivity contribution in [2.24, 2.45) is 0 Å². The lowest BCUT2D eigenvalue weighted by Crippen LogP contribution is -2.36. The molecule has 0 saturated carbocycles.